The number of aliphatic imine (C=N–C) groups is 1. The van der Waals surface area contributed by atoms with Gasteiger partial charge in [-0.15, -0.1) is 0 Å². The lowest BCUT2D eigenvalue weighted by molar-refractivity contribution is 0.310. The molecule has 2 aromatic rings. The molecule has 160 valence electrons. The topological polar surface area (TPSA) is 72.7 Å². The largest absolute Gasteiger partial charge is 0.493 e. The van der Waals surface area contributed by atoms with Gasteiger partial charge in [0.05, 0.1) is 19.9 Å². The number of guanidine groups is 1. The van der Waals surface area contributed by atoms with Gasteiger partial charge in [0.2, 0.25) is 0 Å². The number of aromatic nitrogens is 2. The van der Waals surface area contributed by atoms with Gasteiger partial charge in [-0.05, 0) is 62.8 Å². The minimum atomic E-state index is 0.630. The van der Waals surface area contributed by atoms with E-state index in [4.69, 9.17) is 9.47 Å². The standard InChI is InChI=1S/C22H35N5O2/c1-5-23-22(25-14-8-10-19-16-26-27(3)17-19)24-13-7-9-18-11-12-20(28-4)21(15-18)29-6-2/h11-12,15-17H,5-10,13-14H2,1-4H3,(H2,23,24,25). The van der Waals surface area contributed by atoms with Crippen molar-refractivity contribution < 1.29 is 9.47 Å². The third-order valence-electron chi connectivity index (χ3n) is 4.46. The maximum atomic E-state index is 5.66. The summed E-state index contributed by atoms with van der Waals surface area (Å²) in [7, 11) is 3.61. The van der Waals surface area contributed by atoms with Crippen LogP contribution < -0.4 is 20.1 Å². The van der Waals surface area contributed by atoms with Crippen LogP contribution in [0.2, 0.25) is 0 Å². The van der Waals surface area contributed by atoms with Crippen LogP contribution in [0.5, 0.6) is 11.5 Å². The second-order valence-corrected chi connectivity index (χ2v) is 6.84. The van der Waals surface area contributed by atoms with Crippen molar-refractivity contribution in [1.29, 1.82) is 0 Å². The molecule has 1 heterocycles. The molecule has 0 aliphatic heterocycles. The number of nitrogens with zero attached hydrogens (tertiary/aromatic N) is 3. The van der Waals surface area contributed by atoms with Gasteiger partial charge in [-0.2, -0.15) is 5.10 Å². The molecule has 0 atom stereocenters. The maximum Gasteiger partial charge on any atom is 0.191 e. The maximum absolute atomic E-state index is 5.66. The smallest absolute Gasteiger partial charge is 0.191 e. The molecule has 0 radical (unpaired) electrons. The number of benzene rings is 1. The van der Waals surface area contributed by atoms with E-state index < -0.39 is 0 Å². The Morgan fingerprint density at radius 3 is 2.62 bits per heavy atom. The van der Waals surface area contributed by atoms with Gasteiger partial charge in [0.25, 0.3) is 0 Å². The Morgan fingerprint density at radius 1 is 1.10 bits per heavy atom. The highest BCUT2D eigenvalue weighted by molar-refractivity contribution is 5.79. The Balaban J connectivity index is 1.74. The first-order valence-electron chi connectivity index (χ1n) is 10.5. The number of ether oxygens (including phenoxy) is 2. The molecule has 7 nitrogen and oxygen atoms in total. The third-order valence-corrected chi connectivity index (χ3v) is 4.46. The van der Waals surface area contributed by atoms with Crippen molar-refractivity contribution in [2.75, 3.05) is 33.4 Å². The van der Waals surface area contributed by atoms with Crippen LogP contribution in [0.25, 0.3) is 0 Å². The van der Waals surface area contributed by atoms with E-state index >= 15 is 0 Å². The normalized spacial score (nSPS) is 11.4. The van der Waals surface area contributed by atoms with Crippen LogP contribution in [0, 0.1) is 0 Å². The predicted octanol–water partition coefficient (Wildman–Crippen LogP) is 2.95. The zero-order valence-corrected chi connectivity index (χ0v) is 18.2. The monoisotopic (exact) mass is 401 g/mol. The van der Waals surface area contributed by atoms with Crippen molar-refractivity contribution in [3.63, 3.8) is 0 Å². The van der Waals surface area contributed by atoms with Crippen LogP contribution in [0.1, 0.15) is 37.8 Å². The number of rotatable bonds is 12. The van der Waals surface area contributed by atoms with Crippen molar-refractivity contribution in [1.82, 2.24) is 20.4 Å². The average molecular weight is 402 g/mol. The molecular formula is C22H35N5O2. The van der Waals surface area contributed by atoms with E-state index in [1.165, 1.54) is 11.1 Å². The van der Waals surface area contributed by atoms with Gasteiger partial charge in [-0.3, -0.25) is 9.67 Å². The molecule has 2 rings (SSSR count). The fourth-order valence-corrected chi connectivity index (χ4v) is 3.06. The van der Waals surface area contributed by atoms with Crippen LogP contribution in [0.3, 0.4) is 0 Å². The Kier molecular flexibility index (Phi) is 9.89. The summed E-state index contributed by atoms with van der Waals surface area (Å²) in [5.74, 6) is 2.47. The number of hydrogen-bond acceptors (Lipinski definition) is 4. The molecular weight excluding hydrogens is 366 g/mol. The Labute approximate surface area is 174 Å². The molecule has 0 unspecified atom stereocenters. The summed E-state index contributed by atoms with van der Waals surface area (Å²) < 4.78 is 12.8. The van der Waals surface area contributed by atoms with Crippen molar-refractivity contribution in [3.05, 3.63) is 41.7 Å². The first-order valence-corrected chi connectivity index (χ1v) is 10.5. The lowest BCUT2D eigenvalue weighted by Crippen LogP contribution is -2.38. The Morgan fingerprint density at radius 2 is 1.93 bits per heavy atom. The van der Waals surface area contributed by atoms with Crippen molar-refractivity contribution in [2.24, 2.45) is 12.0 Å². The van der Waals surface area contributed by atoms with Gasteiger partial charge in [0.15, 0.2) is 17.5 Å². The molecule has 0 saturated heterocycles. The number of nitrogens with one attached hydrogen (secondary N) is 2. The lowest BCUT2D eigenvalue weighted by Gasteiger charge is -2.13. The third kappa shape index (κ3) is 8.05. The van der Waals surface area contributed by atoms with Crippen LogP contribution >= 0.6 is 0 Å². The van der Waals surface area contributed by atoms with E-state index in [9.17, 15) is 0 Å². The van der Waals surface area contributed by atoms with Crippen molar-refractivity contribution in [2.45, 2.75) is 39.5 Å². The van der Waals surface area contributed by atoms with E-state index in [1.54, 1.807) is 7.11 Å². The van der Waals surface area contributed by atoms with Crippen LogP contribution in [0.15, 0.2) is 35.6 Å². The van der Waals surface area contributed by atoms with Gasteiger partial charge in [-0.25, -0.2) is 0 Å². The molecule has 2 N–H and O–H groups in total. The van der Waals surface area contributed by atoms with Gasteiger partial charge in [-0.1, -0.05) is 6.07 Å². The van der Waals surface area contributed by atoms with E-state index in [0.717, 1.165) is 62.8 Å². The van der Waals surface area contributed by atoms with Crippen LogP contribution in [-0.4, -0.2) is 49.1 Å². The quantitative estimate of drug-likeness (QED) is 0.325. The highest BCUT2D eigenvalue weighted by Crippen LogP contribution is 2.28. The van der Waals surface area contributed by atoms with E-state index in [2.05, 4.69) is 46.0 Å². The summed E-state index contributed by atoms with van der Waals surface area (Å²) in [5.41, 5.74) is 2.50. The highest BCUT2D eigenvalue weighted by Gasteiger charge is 2.05. The summed E-state index contributed by atoms with van der Waals surface area (Å²) in [5, 5.41) is 10.9. The molecule has 0 aliphatic rings. The van der Waals surface area contributed by atoms with E-state index in [0.29, 0.717) is 6.61 Å². The van der Waals surface area contributed by atoms with Gasteiger partial charge >= 0.3 is 0 Å². The molecule has 0 bridgehead atoms. The van der Waals surface area contributed by atoms with E-state index in [1.807, 2.05) is 30.9 Å². The molecule has 0 aliphatic carbocycles. The van der Waals surface area contributed by atoms with Gasteiger partial charge in [0.1, 0.15) is 0 Å². The summed E-state index contributed by atoms with van der Waals surface area (Å²) in [6.45, 7) is 7.20. The minimum absolute atomic E-state index is 0.630. The highest BCUT2D eigenvalue weighted by atomic mass is 16.5. The zero-order valence-electron chi connectivity index (χ0n) is 18.2. The first-order chi connectivity index (χ1) is 14.2. The van der Waals surface area contributed by atoms with Crippen molar-refractivity contribution in [3.8, 4) is 11.5 Å². The van der Waals surface area contributed by atoms with Crippen LogP contribution in [-0.2, 0) is 19.9 Å². The summed E-state index contributed by atoms with van der Waals surface area (Å²) >= 11 is 0. The zero-order chi connectivity index (χ0) is 20.9. The molecule has 0 amide bonds. The van der Waals surface area contributed by atoms with E-state index in [-0.39, 0.29) is 0 Å². The van der Waals surface area contributed by atoms with Gasteiger partial charge < -0.3 is 20.1 Å². The van der Waals surface area contributed by atoms with Crippen molar-refractivity contribution >= 4 is 5.96 Å². The molecule has 0 spiro atoms. The molecule has 1 aromatic heterocycles. The molecule has 0 fully saturated rings. The predicted molar refractivity (Wildman–Crippen MR) is 118 cm³/mol. The van der Waals surface area contributed by atoms with Gasteiger partial charge in [0, 0.05) is 32.9 Å². The van der Waals surface area contributed by atoms with Crippen LogP contribution in [0.4, 0.5) is 0 Å². The molecule has 29 heavy (non-hydrogen) atoms. The molecule has 0 saturated carbocycles. The fourth-order valence-electron chi connectivity index (χ4n) is 3.06. The Hall–Kier alpha value is -2.70. The molecule has 7 heteroatoms. The second kappa shape index (κ2) is 12.7. The molecule has 1 aromatic carbocycles. The lowest BCUT2D eigenvalue weighted by atomic mass is 10.1. The first kappa shape index (κ1) is 22.6. The fraction of sp³-hybridized carbons (Fsp3) is 0.545. The SMILES string of the molecule is CCNC(=NCCCc1cnn(C)c1)NCCCc1ccc(OC)c(OCC)c1. The number of methoxy groups -OCH3 is 1. The Bertz CT molecular complexity index is 757. The summed E-state index contributed by atoms with van der Waals surface area (Å²) in [4.78, 5) is 4.67. The average Bonchev–Trinajstić information content (AvgIpc) is 3.14. The number of hydrogen-bond donors (Lipinski definition) is 2. The second-order valence-electron chi connectivity index (χ2n) is 6.84. The summed E-state index contributed by atoms with van der Waals surface area (Å²) in [6.07, 6.45) is 7.97. The number of aryl methyl sites for hydroxylation is 3. The summed E-state index contributed by atoms with van der Waals surface area (Å²) in [6, 6.07) is 6.14. The minimum Gasteiger partial charge on any atom is -0.493 e.